The van der Waals surface area contributed by atoms with Gasteiger partial charge >= 0.3 is 0 Å². The number of rotatable bonds is 5. The van der Waals surface area contributed by atoms with Gasteiger partial charge in [0.1, 0.15) is 11.9 Å². The van der Waals surface area contributed by atoms with Gasteiger partial charge in [-0.3, -0.25) is 0 Å². The number of anilines is 1. The average Bonchev–Trinajstić information content (AvgIpc) is 2.44. The zero-order chi connectivity index (χ0) is 17.4. The Morgan fingerprint density at radius 3 is 2.42 bits per heavy atom. The van der Waals surface area contributed by atoms with Gasteiger partial charge in [0.05, 0.1) is 0 Å². The van der Waals surface area contributed by atoms with E-state index in [1.807, 2.05) is 0 Å². The minimum Gasteiger partial charge on any atom is -0.474 e. The monoisotopic (exact) mass is 361 g/mol. The van der Waals surface area contributed by atoms with Gasteiger partial charge in [0.25, 0.3) is 5.16 Å². The number of hydrogen-bond donors (Lipinski definition) is 1. The van der Waals surface area contributed by atoms with E-state index in [1.165, 1.54) is 0 Å². The van der Waals surface area contributed by atoms with E-state index in [2.05, 4.69) is 15.3 Å². The zero-order valence-corrected chi connectivity index (χ0v) is 14.3. The van der Waals surface area contributed by atoms with Gasteiger partial charge in [-0.25, -0.2) is 22.2 Å². The van der Waals surface area contributed by atoms with E-state index in [0.717, 1.165) is 25.5 Å². The molecule has 0 aliphatic heterocycles. The van der Waals surface area contributed by atoms with E-state index in [4.69, 9.17) is 4.74 Å². The van der Waals surface area contributed by atoms with Crippen molar-refractivity contribution >= 4 is 15.7 Å². The van der Waals surface area contributed by atoms with Gasteiger partial charge in [0.2, 0.25) is 21.6 Å². The molecule has 6 nitrogen and oxygen atoms in total. The standard InChI is InChI=1S/C15H21F2N3O3S/c1-24(21,22)14-19-12(9-13(20-14)23-11-3-2-4-11)18-10-5-7-15(16,17)8-6-10/h9-11H,2-8H2,1H3,(H,18,19,20). The molecule has 24 heavy (non-hydrogen) atoms. The van der Waals surface area contributed by atoms with Gasteiger partial charge in [-0.15, -0.1) is 0 Å². The van der Waals surface area contributed by atoms with Gasteiger partial charge in [-0.1, -0.05) is 0 Å². The lowest BCUT2D eigenvalue weighted by atomic mass is 9.92. The second-order valence-electron chi connectivity index (χ2n) is 6.59. The fraction of sp³-hybridized carbons (Fsp3) is 0.733. The summed E-state index contributed by atoms with van der Waals surface area (Å²) in [6.07, 6.45) is 4.25. The van der Waals surface area contributed by atoms with Crippen molar-refractivity contribution in [3.8, 4) is 5.88 Å². The van der Waals surface area contributed by atoms with Gasteiger partial charge < -0.3 is 10.1 Å². The molecule has 2 saturated carbocycles. The van der Waals surface area contributed by atoms with Crippen molar-refractivity contribution in [2.24, 2.45) is 0 Å². The topological polar surface area (TPSA) is 81.2 Å². The molecule has 0 atom stereocenters. The summed E-state index contributed by atoms with van der Waals surface area (Å²) in [5.41, 5.74) is 0. The predicted octanol–water partition coefficient (Wildman–Crippen LogP) is 2.80. The van der Waals surface area contributed by atoms with Crippen LogP contribution in [-0.2, 0) is 9.84 Å². The maximum absolute atomic E-state index is 13.2. The Morgan fingerprint density at radius 2 is 1.88 bits per heavy atom. The maximum atomic E-state index is 13.2. The van der Waals surface area contributed by atoms with E-state index in [1.54, 1.807) is 6.07 Å². The summed E-state index contributed by atoms with van der Waals surface area (Å²) in [7, 11) is -3.59. The molecule has 0 spiro atoms. The van der Waals surface area contributed by atoms with Crippen LogP contribution < -0.4 is 10.1 Å². The van der Waals surface area contributed by atoms with E-state index in [0.29, 0.717) is 18.7 Å². The third kappa shape index (κ3) is 4.31. The van der Waals surface area contributed by atoms with Crippen LogP contribution in [-0.4, -0.2) is 42.7 Å². The number of nitrogens with one attached hydrogen (secondary N) is 1. The Bertz CT molecular complexity index is 698. The van der Waals surface area contributed by atoms with Crippen LogP contribution in [0, 0.1) is 0 Å². The van der Waals surface area contributed by atoms with E-state index < -0.39 is 15.8 Å². The Labute approximate surface area is 139 Å². The first-order chi connectivity index (χ1) is 11.2. The lowest BCUT2D eigenvalue weighted by Crippen LogP contribution is -2.32. The number of nitrogens with zero attached hydrogens (tertiary/aromatic N) is 2. The molecular weight excluding hydrogens is 340 g/mol. The predicted molar refractivity (Wildman–Crippen MR) is 84.2 cm³/mol. The summed E-state index contributed by atoms with van der Waals surface area (Å²) >= 11 is 0. The molecule has 1 heterocycles. The molecule has 0 bridgehead atoms. The van der Waals surface area contributed by atoms with Crippen molar-refractivity contribution in [3.63, 3.8) is 0 Å². The lowest BCUT2D eigenvalue weighted by molar-refractivity contribution is -0.0361. The quantitative estimate of drug-likeness (QED) is 0.812. The first kappa shape index (κ1) is 17.3. The maximum Gasteiger partial charge on any atom is 0.252 e. The average molecular weight is 361 g/mol. The molecule has 134 valence electrons. The highest BCUT2D eigenvalue weighted by Crippen LogP contribution is 2.34. The van der Waals surface area contributed by atoms with E-state index >= 15 is 0 Å². The molecule has 2 aliphatic carbocycles. The van der Waals surface area contributed by atoms with Crippen molar-refractivity contribution in [1.29, 1.82) is 0 Å². The van der Waals surface area contributed by atoms with Crippen molar-refractivity contribution in [1.82, 2.24) is 9.97 Å². The lowest BCUT2D eigenvalue weighted by Gasteiger charge is -2.29. The summed E-state index contributed by atoms with van der Waals surface area (Å²) in [4.78, 5) is 7.97. The third-order valence-corrected chi connectivity index (χ3v) is 5.27. The Balaban J connectivity index is 1.77. The smallest absolute Gasteiger partial charge is 0.252 e. The largest absolute Gasteiger partial charge is 0.474 e. The molecule has 1 aromatic rings. The fourth-order valence-electron chi connectivity index (χ4n) is 2.76. The minimum absolute atomic E-state index is 0.0496. The summed E-state index contributed by atoms with van der Waals surface area (Å²) in [6.45, 7) is 0. The molecule has 3 rings (SSSR count). The molecule has 9 heteroatoms. The van der Waals surface area contributed by atoms with Crippen molar-refractivity contribution in [2.75, 3.05) is 11.6 Å². The van der Waals surface area contributed by atoms with Crippen LogP contribution in [0.15, 0.2) is 11.2 Å². The number of sulfone groups is 1. The normalized spacial score (nSPS) is 22.0. The highest BCUT2D eigenvalue weighted by Gasteiger charge is 2.35. The van der Waals surface area contributed by atoms with Crippen LogP contribution in [0.4, 0.5) is 14.6 Å². The van der Waals surface area contributed by atoms with Crippen LogP contribution in [0.2, 0.25) is 0 Å². The molecule has 1 N–H and O–H groups in total. The summed E-state index contributed by atoms with van der Waals surface area (Å²) in [6, 6.07) is 1.38. The van der Waals surface area contributed by atoms with Crippen molar-refractivity contribution < 1.29 is 21.9 Å². The van der Waals surface area contributed by atoms with Crippen molar-refractivity contribution in [2.45, 2.75) is 68.2 Å². The summed E-state index contributed by atoms with van der Waals surface area (Å²) < 4.78 is 55.7. The minimum atomic E-state index is -3.59. The van der Waals surface area contributed by atoms with Crippen LogP contribution in [0.25, 0.3) is 0 Å². The SMILES string of the molecule is CS(=O)(=O)c1nc(NC2CCC(F)(F)CC2)cc(OC2CCC2)n1. The Kier molecular flexibility index (Phi) is 4.63. The highest BCUT2D eigenvalue weighted by molar-refractivity contribution is 7.90. The molecule has 2 aliphatic rings. The molecule has 0 saturated heterocycles. The molecule has 0 amide bonds. The van der Waals surface area contributed by atoms with Gasteiger partial charge in [0, 0.05) is 31.2 Å². The first-order valence-corrected chi connectivity index (χ1v) is 10.0. The molecule has 2 fully saturated rings. The van der Waals surface area contributed by atoms with Gasteiger partial charge in [0.15, 0.2) is 0 Å². The third-order valence-electron chi connectivity index (χ3n) is 4.42. The highest BCUT2D eigenvalue weighted by atomic mass is 32.2. The molecule has 1 aromatic heterocycles. The summed E-state index contributed by atoms with van der Waals surface area (Å²) in [5, 5.41) is 2.74. The van der Waals surface area contributed by atoms with Gasteiger partial charge in [-0.05, 0) is 32.1 Å². The van der Waals surface area contributed by atoms with E-state index in [9.17, 15) is 17.2 Å². The second-order valence-corrected chi connectivity index (χ2v) is 8.50. The number of halogens is 2. The molecule has 0 unspecified atom stereocenters. The first-order valence-electron chi connectivity index (χ1n) is 8.11. The van der Waals surface area contributed by atoms with Crippen LogP contribution in [0.5, 0.6) is 5.88 Å². The van der Waals surface area contributed by atoms with E-state index in [-0.39, 0.29) is 36.0 Å². The number of hydrogen-bond acceptors (Lipinski definition) is 6. The second kappa shape index (κ2) is 6.42. The molecule has 0 radical (unpaired) electrons. The van der Waals surface area contributed by atoms with Gasteiger partial charge in [-0.2, -0.15) is 4.98 Å². The molecular formula is C15H21F2N3O3S. The molecule has 0 aromatic carbocycles. The zero-order valence-electron chi connectivity index (χ0n) is 13.5. The number of alkyl halides is 2. The van der Waals surface area contributed by atoms with Crippen molar-refractivity contribution in [3.05, 3.63) is 6.07 Å². The van der Waals surface area contributed by atoms with Crippen LogP contribution >= 0.6 is 0 Å². The van der Waals surface area contributed by atoms with Crippen LogP contribution in [0.3, 0.4) is 0 Å². The number of aromatic nitrogens is 2. The van der Waals surface area contributed by atoms with Crippen LogP contribution in [0.1, 0.15) is 44.9 Å². The summed E-state index contributed by atoms with van der Waals surface area (Å²) in [5.74, 6) is -2.10. The Morgan fingerprint density at radius 1 is 1.21 bits per heavy atom. The number of ether oxygens (including phenoxy) is 1. The fourth-order valence-corrected chi connectivity index (χ4v) is 3.28. The Hall–Kier alpha value is -1.51.